The van der Waals surface area contributed by atoms with Gasteiger partial charge in [0.1, 0.15) is 0 Å². The summed E-state index contributed by atoms with van der Waals surface area (Å²) in [5.41, 5.74) is 1.35. The average Bonchev–Trinajstić information content (AvgIpc) is 2.45. The molecule has 0 saturated carbocycles. The van der Waals surface area contributed by atoms with Crippen LogP contribution >= 0.6 is 24.8 Å². The molecule has 0 unspecified atom stereocenters. The summed E-state index contributed by atoms with van der Waals surface area (Å²) in [4.78, 5) is 6.76. The summed E-state index contributed by atoms with van der Waals surface area (Å²) in [5, 5.41) is 3.46. The molecule has 2 rings (SSSR count). The second-order valence-corrected chi connectivity index (χ2v) is 5.20. The molecule has 0 radical (unpaired) electrons. The fraction of sp³-hybridized carbons (Fsp3) is 0.667. The minimum Gasteiger partial charge on any atom is -0.317 e. The van der Waals surface area contributed by atoms with E-state index < -0.39 is 0 Å². The lowest BCUT2D eigenvalue weighted by atomic mass is 9.96. The maximum Gasteiger partial charge on any atom is 0.0300 e. The summed E-state index contributed by atoms with van der Waals surface area (Å²) in [6, 6.07) is 4.20. The molecule has 0 amide bonds. The van der Waals surface area contributed by atoms with Crippen LogP contribution in [0.25, 0.3) is 0 Å². The zero-order valence-electron chi connectivity index (χ0n) is 12.3. The zero-order chi connectivity index (χ0) is 12.6. The molecule has 1 aromatic heterocycles. The monoisotopic (exact) mass is 319 g/mol. The highest BCUT2D eigenvalue weighted by atomic mass is 35.5. The number of aromatic nitrogens is 1. The van der Waals surface area contributed by atoms with Crippen LogP contribution in [-0.4, -0.2) is 42.6 Å². The molecule has 3 nitrogen and oxygen atoms in total. The van der Waals surface area contributed by atoms with Gasteiger partial charge in [-0.1, -0.05) is 13.0 Å². The Balaban J connectivity index is 0.00000180. The predicted molar refractivity (Wildman–Crippen MR) is 90.1 cm³/mol. The lowest BCUT2D eigenvalue weighted by Gasteiger charge is -2.32. The van der Waals surface area contributed by atoms with Gasteiger partial charge in [0.2, 0.25) is 0 Å². The number of halogens is 2. The third-order valence-corrected chi connectivity index (χ3v) is 3.83. The van der Waals surface area contributed by atoms with Gasteiger partial charge in [-0.15, -0.1) is 24.8 Å². The van der Waals surface area contributed by atoms with Gasteiger partial charge in [-0.05, 0) is 63.0 Å². The van der Waals surface area contributed by atoms with E-state index >= 15 is 0 Å². The number of hydrogen-bond acceptors (Lipinski definition) is 3. The zero-order valence-corrected chi connectivity index (χ0v) is 13.9. The van der Waals surface area contributed by atoms with E-state index in [1.807, 2.05) is 18.5 Å². The highest BCUT2D eigenvalue weighted by molar-refractivity contribution is 5.85. The van der Waals surface area contributed by atoms with E-state index in [1.165, 1.54) is 44.6 Å². The van der Waals surface area contributed by atoms with Crippen molar-refractivity contribution in [2.45, 2.75) is 26.2 Å². The molecule has 0 atom stereocenters. The highest BCUT2D eigenvalue weighted by Gasteiger charge is 2.18. The maximum atomic E-state index is 4.17. The van der Waals surface area contributed by atoms with Crippen LogP contribution in [0.5, 0.6) is 0 Å². The first-order valence-electron chi connectivity index (χ1n) is 7.20. The molecule has 116 valence electrons. The molecule has 1 fully saturated rings. The van der Waals surface area contributed by atoms with Crippen molar-refractivity contribution in [3.05, 3.63) is 30.1 Å². The molecule has 20 heavy (non-hydrogen) atoms. The van der Waals surface area contributed by atoms with Crippen LogP contribution < -0.4 is 5.32 Å². The molecule has 1 aromatic rings. The molecular formula is C15H27Cl2N3. The molecular weight excluding hydrogens is 293 g/mol. The van der Waals surface area contributed by atoms with Crippen LogP contribution in [-0.2, 0) is 6.42 Å². The second-order valence-electron chi connectivity index (χ2n) is 5.20. The first kappa shape index (κ1) is 19.7. The van der Waals surface area contributed by atoms with Crippen molar-refractivity contribution in [3.63, 3.8) is 0 Å². The van der Waals surface area contributed by atoms with Gasteiger partial charge in [0, 0.05) is 18.9 Å². The summed E-state index contributed by atoms with van der Waals surface area (Å²) in [5.74, 6) is 0.889. The summed E-state index contributed by atoms with van der Waals surface area (Å²) in [6.07, 6.45) is 7.65. The number of nitrogens with one attached hydrogen (secondary N) is 1. The van der Waals surface area contributed by atoms with Gasteiger partial charge in [-0.25, -0.2) is 0 Å². The topological polar surface area (TPSA) is 28.2 Å². The molecule has 0 aromatic carbocycles. The molecule has 0 spiro atoms. The molecule has 0 bridgehead atoms. The van der Waals surface area contributed by atoms with Crippen LogP contribution in [0, 0.1) is 5.92 Å². The minimum absolute atomic E-state index is 0. The maximum absolute atomic E-state index is 4.17. The summed E-state index contributed by atoms with van der Waals surface area (Å²) < 4.78 is 0. The van der Waals surface area contributed by atoms with Crippen molar-refractivity contribution < 1.29 is 0 Å². The second kappa shape index (κ2) is 11.3. The van der Waals surface area contributed by atoms with Crippen LogP contribution in [0.4, 0.5) is 0 Å². The number of pyridine rings is 1. The van der Waals surface area contributed by atoms with E-state index in [1.54, 1.807) is 0 Å². The number of rotatable bonds is 6. The molecule has 2 heterocycles. The Kier molecular flexibility index (Phi) is 11.1. The first-order chi connectivity index (χ1) is 8.88. The Hall–Kier alpha value is -0.350. The average molecular weight is 320 g/mol. The lowest BCUT2D eigenvalue weighted by Crippen LogP contribution is -2.38. The standard InChI is InChI=1S/C15H25N3.2ClH/c1-2-16-12-15-6-10-18(11-7-15)9-5-14-4-3-8-17-13-14;;/h3-4,8,13,15-16H,2,5-7,9-12H2,1H3;2*1H. The van der Waals surface area contributed by atoms with Crippen molar-refractivity contribution in [3.8, 4) is 0 Å². The smallest absolute Gasteiger partial charge is 0.0300 e. The molecule has 1 saturated heterocycles. The van der Waals surface area contributed by atoms with E-state index in [0.29, 0.717) is 0 Å². The molecule has 1 N–H and O–H groups in total. The van der Waals surface area contributed by atoms with Gasteiger partial charge >= 0.3 is 0 Å². The van der Waals surface area contributed by atoms with Gasteiger partial charge in [0.25, 0.3) is 0 Å². The van der Waals surface area contributed by atoms with Crippen molar-refractivity contribution in [1.82, 2.24) is 15.2 Å². The van der Waals surface area contributed by atoms with Crippen molar-refractivity contribution >= 4 is 24.8 Å². The Morgan fingerprint density at radius 1 is 1.30 bits per heavy atom. The number of nitrogens with zero attached hydrogens (tertiary/aromatic N) is 2. The Bertz CT molecular complexity index is 327. The predicted octanol–water partition coefficient (Wildman–Crippen LogP) is 2.79. The quantitative estimate of drug-likeness (QED) is 0.874. The van der Waals surface area contributed by atoms with Crippen molar-refractivity contribution in [2.75, 3.05) is 32.7 Å². The van der Waals surface area contributed by atoms with Crippen LogP contribution in [0.2, 0.25) is 0 Å². The molecule has 0 aliphatic carbocycles. The van der Waals surface area contributed by atoms with Gasteiger partial charge < -0.3 is 10.2 Å². The Morgan fingerprint density at radius 3 is 2.65 bits per heavy atom. The molecule has 1 aliphatic rings. The first-order valence-corrected chi connectivity index (χ1v) is 7.20. The Labute approximate surface area is 135 Å². The normalized spacial score (nSPS) is 16.2. The van der Waals surface area contributed by atoms with Gasteiger partial charge in [0.15, 0.2) is 0 Å². The highest BCUT2D eigenvalue weighted by Crippen LogP contribution is 2.16. The largest absolute Gasteiger partial charge is 0.317 e. The molecule has 1 aliphatic heterocycles. The summed E-state index contributed by atoms with van der Waals surface area (Å²) in [6.45, 7) is 8.18. The number of hydrogen-bond donors (Lipinski definition) is 1. The van der Waals surface area contributed by atoms with Crippen molar-refractivity contribution in [1.29, 1.82) is 0 Å². The summed E-state index contributed by atoms with van der Waals surface area (Å²) >= 11 is 0. The van der Waals surface area contributed by atoms with E-state index in [4.69, 9.17) is 0 Å². The lowest BCUT2D eigenvalue weighted by molar-refractivity contribution is 0.184. The molecule has 5 heteroatoms. The van der Waals surface area contributed by atoms with E-state index in [2.05, 4.69) is 28.2 Å². The van der Waals surface area contributed by atoms with Gasteiger partial charge in [-0.2, -0.15) is 0 Å². The van der Waals surface area contributed by atoms with Crippen molar-refractivity contribution in [2.24, 2.45) is 5.92 Å². The summed E-state index contributed by atoms with van der Waals surface area (Å²) in [7, 11) is 0. The minimum atomic E-state index is 0. The van der Waals surface area contributed by atoms with Crippen LogP contribution in [0.3, 0.4) is 0 Å². The van der Waals surface area contributed by atoms with E-state index in [0.717, 1.165) is 18.9 Å². The fourth-order valence-corrected chi connectivity index (χ4v) is 2.60. The fourth-order valence-electron chi connectivity index (χ4n) is 2.60. The Morgan fingerprint density at radius 2 is 2.05 bits per heavy atom. The van der Waals surface area contributed by atoms with Gasteiger partial charge in [-0.3, -0.25) is 4.98 Å². The third kappa shape index (κ3) is 6.89. The van der Waals surface area contributed by atoms with E-state index in [9.17, 15) is 0 Å². The van der Waals surface area contributed by atoms with E-state index in [-0.39, 0.29) is 24.8 Å². The van der Waals surface area contributed by atoms with Gasteiger partial charge in [0.05, 0.1) is 0 Å². The number of piperidine rings is 1. The van der Waals surface area contributed by atoms with Crippen LogP contribution in [0.1, 0.15) is 25.3 Å². The third-order valence-electron chi connectivity index (χ3n) is 3.83. The van der Waals surface area contributed by atoms with Crippen LogP contribution in [0.15, 0.2) is 24.5 Å². The number of likely N-dealkylation sites (tertiary alicyclic amines) is 1. The SMILES string of the molecule is CCNCC1CCN(CCc2cccnc2)CC1.Cl.Cl.